The number of halogens is 1. The van der Waals surface area contributed by atoms with E-state index in [1.54, 1.807) is 11.3 Å². The van der Waals surface area contributed by atoms with Gasteiger partial charge in [0.2, 0.25) is 0 Å². The van der Waals surface area contributed by atoms with Crippen molar-refractivity contribution in [1.29, 1.82) is 0 Å². The summed E-state index contributed by atoms with van der Waals surface area (Å²) in [5.41, 5.74) is 6.24. The molecule has 20 heavy (non-hydrogen) atoms. The molecule has 2 unspecified atom stereocenters. The summed E-state index contributed by atoms with van der Waals surface area (Å²) in [7, 11) is 4.32. The topological polar surface area (TPSA) is 32.5 Å². The van der Waals surface area contributed by atoms with Crippen LogP contribution in [-0.2, 0) is 0 Å². The maximum Gasteiger partial charge on any atom is 0.0931 e. The lowest BCUT2D eigenvalue weighted by Crippen LogP contribution is -2.44. The van der Waals surface area contributed by atoms with Gasteiger partial charge in [0.05, 0.1) is 10.4 Å². The Morgan fingerprint density at radius 2 is 2.05 bits per heavy atom. The highest BCUT2D eigenvalue weighted by Crippen LogP contribution is 2.34. The van der Waals surface area contributed by atoms with Gasteiger partial charge in [0.25, 0.3) is 0 Å². The van der Waals surface area contributed by atoms with Crippen LogP contribution in [-0.4, -0.2) is 49.6 Å². The molecule has 0 aromatic carbocycles. The Morgan fingerprint density at radius 1 is 1.40 bits per heavy atom. The van der Waals surface area contributed by atoms with Crippen LogP contribution in [0, 0.1) is 5.92 Å². The van der Waals surface area contributed by atoms with Crippen LogP contribution in [0.25, 0.3) is 0 Å². The molecular formula is C15H26ClN3S. The third-order valence-corrected chi connectivity index (χ3v) is 5.35. The Hall–Kier alpha value is -0.130. The molecule has 2 N–H and O–H groups in total. The summed E-state index contributed by atoms with van der Waals surface area (Å²) in [5.74, 6) is 0.821. The first-order chi connectivity index (χ1) is 9.47. The van der Waals surface area contributed by atoms with E-state index in [9.17, 15) is 0 Å². The summed E-state index contributed by atoms with van der Waals surface area (Å²) in [6.45, 7) is 5.58. The van der Waals surface area contributed by atoms with Crippen LogP contribution < -0.4 is 5.73 Å². The van der Waals surface area contributed by atoms with Gasteiger partial charge < -0.3 is 10.6 Å². The number of piperidine rings is 1. The van der Waals surface area contributed by atoms with Gasteiger partial charge in [0.15, 0.2) is 0 Å². The van der Waals surface area contributed by atoms with E-state index in [2.05, 4.69) is 36.9 Å². The minimum absolute atomic E-state index is 0.134. The van der Waals surface area contributed by atoms with E-state index in [1.165, 1.54) is 24.3 Å². The van der Waals surface area contributed by atoms with Crippen molar-refractivity contribution in [2.24, 2.45) is 11.7 Å². The quantitative estimate of drug-likeness (QED) is 0.906. The molecule has 3 nitrogen and oxygen atoms in total. The van der Waals surface area contributed by atoms with Crippen molar-refractivity contribution >= 4 is 22.9 Å². The van der Waals surface area contributed by atoms with E-state index >= 15 is 0 Å². The third-order valence-electron chi connectivity index (χ3n) is 4.05. The number of nitrogens with zero attached hydrogens (tertiary/aromatic N) is 2. The molecule has 5 heteroatoms. The monoisotopic (exact) mass is 315 g/mol. The van der Waals surface area contributed by atoms with Crippen LogP contribution in [0.2, 0.25) is 4.34 Å². The van der Waals surface area contributed by atoms with Gasteiger partial charge in [-0.3, -0.25) is 4.90 Å². The minimum atomic E-state index is 0.134. The van der Waals surface area contributed by atoms with Crippen LogP contribution in [0.15, 0.2) is 12.1 Å². The smallest absolute Gasteiger partial charge is 0.0931 e. The number of rotatable bonds is 5. The summed E-state index contributed by atoms with van der Waals surface area (Å²) in [5, 5.41) is 0. The molecule has 2 rings (SSSR count). The maximum absolute atomic E-state index is 6.24. The highest BCUT2D eigenvalue weighted by atomic mass is 35.5. The zero-order valence-corrected chi connectivity index (χ0v) is 14.3. The Morgan fingerprint density at radius 3 is 2.50 bits per heavy atom. The summed E-state index contributed by atoms with van der Waals surface area (Å²) in [4.78, 5) is 6.14. The van der Waals surface area contributed by atoms with Crippen molar-refractivity contribution in [3.63, 3.8) is 0 Å². The molecule has 0 bridgehead atoms. The SMILES string of the molecule is CC(N)C(c1ccc(Cl)s1)N1CCC(CN(C)C)CC1. The first-order valence-corrected chi connectivity index (χ1v) is 8.56. The second-order valence-corrected chi connectivity index (χ2v) is 7.93. The first kappa shape index (κ1) is 16.2. The molecule has 0 aliphatic carbocycles. The zero-order chi connectivity index (χ0) is 14.7. The second-order valence-electron chi connectivity index (χ2n) is 6.19. The molecular weight excluding hydrogens is 290 g/mol. The number of hydrogen-bond donors (Lipinski definition) is 1. The van der Waals surface area contributed by atoms with E-state index in [-0.39, 0.29) is 6.04 Å². The normalized spacial score (nSPS) is 21.3. The van der Waals surface area contributed by atoms with Crippen LogP contribution in [0.3, 0.4) is 0 Å². The second kappa shape index (κ2) is 7.23. The predicted molar refractivity (Wildman–Crippen MR) is 88.6 cm³/mol. The molecule has 1 aromatic heterocycles. The standard InChI is InChI=1S/C15H26ClN3S/c1-11(17)15(13-4-5-14(16)20-13)19-8-6-12(7-9-19)10-18(2)3/h4-5,11-12,15H,6-10,17H2,1-3H3. The molecule has 2 atom stereocenters. The molecule has 0 spiro atoms. The number of likely N-dealkylation sites (tertiary alicyclic amines) is 1. The average Bonchev–Trinajstić information content (AvgIpc) is 2.77. The highest BCUT2D eigenvalue weighted by molar-refractivity contribution is 7.16. The van der Waals surface area contributed by atoms with Gasteiger partial charge in [0.1, 0.15) is 0 Å². The third kappa shape index (κ3) is 4.18. The van der Waals surface area contributed by atoms with Gasteiger partial charge in [-0.05, 0) is 65.0 Å². The van der Waals surface area contributed by atoms with Crippen LogP contribution in [0.5, 0.6) is 0 Å². The minimum Gasteiger partial charge on any atom is -0.326 e. The number of nitrogens with two attached hydrogens (primary N) is 1. The van der Waals surface area contributed by atoms with E-state index in [1.807, 2.05) is 6.07 Å². The van der Waals surface area contributed by atoms with Crippen LogP contribution in [0.4, 0.5) is 0 Å². The van der Waals surface area contributed by atoms with Crippen molar-refractivity contribution in [2.45, 2.75) is 31.8 Å². The Balaban J connectivity index is 1.99. The lowest BCUT2D eigenvalue weighted by atomic mass is 9.94. The van der Waals surface area contributed by atoms with E-state index < -0.39 is 0 Å². The number of thiophene rings is 1. The van der Waals surface area contributed by atoms with Gasteiger partial charge in [-0.2, -0.15) is 0 Å². The fourth-order valence-corrected chi connectivity index (χ4v) is 4.50. The molecule has 0 radical (unpaired) electrons. The lowest BCUT2D eigenvalue weighted by Gasteiger charge is -2.39. The molecule has 0 amide bonds. The molecule has 1 aliphatic rings. The van der Waals surface area contributed by atoms with Crippen molar-refractivity contribution < 1.29 is 0 Å². The molecule has 1 fully saturated rings. The summed E-state index contributed by atoms with van der Waals surface area (Å²) >= 11 is 7.75. The molecule has 1 saturated heterocycles. The van der Waals surface area contributed by atoms with E-state index in [0.717, 1.165) is 23.3 Å². The fraction of sp³-hybridized carbons (Fsp3) is 0.733. The average molecular weight is 316 g/mol. The van der Waals surface area contributed by atoms with E-state index in [4.69, 9.17) is 17.3 Å². The fourth-order valence-electron chi connectivity index (χ4n) is 3.19. The molecule has 0 saturated carbocycles. The predicted octanol–water partition coefficient (Wildman–Crippen LogP) is 3.06. The maximum atomic E-state index is 6.24. The van der Waals surface area contributed by atoms with Gasteiger partial charge in [-0.1, -0.05) is 11.6 Å². The summed E-state index contributed by atoms with van der Waals surface area (Å²) in [6, 6.07) is 4.56. The highest BCUT2D eigenvalue weighted by Gasteiger charge is 2.29. The Bertz CT molecular complexity index is 411. The molecule has 114 valence electrons. The van der Waals surface area contributed by atoms with Gasteiger partial charge in [-0.25, -0.2) is 0 Å². The van der Waals surface area contributed by atoms with Gasteiger partial charge in [0, 0.05) is 17.5 Å². The molecule has 1 aliphatic heterocycles. The van der Waals surface area contributed by atoms with E-state index in [0.29, 0.717) is 6.04 Å². The Kier molecular flexibility index (Phi) is 5.87. The van der Waals surface area contributed by atoms with Crippen molar-refractivity contribution in [3.05, 3.63) is 21.3 Å². The zero-order valence-electron chi connectivity index (χ0n) is 12.7. The summed E-state index contributed by atoms with van der Waals surface area (Å²) < 4.78 is 0.855. The number of hydrogen-bond acceptors (Lipinski definition) is 4. The molecule has 2 heterocycles. The van der Waals surface area contributed by atoms with Crippen molar-refractivity contribution in [1.82, 2.24) is 9.80 Å². The summed E-state index contributed by atoms with van der Waals surface area (Å²) in [6.07, 6.45) is 2.53. The van der Waals surface area contributed by atoms with Gasteiger partial charge >= 0.3 is 0 Å². The lowest BCUT2D eigenvalue weighted by molar-refractivity contribution is 0.110. The van der Waals surface area contributed by atoms with Crippen LogP contribution in [0.1, 0.15) is 30.7 Å². The largest absolute Gasteiger partial charge is 0.326 e. The Labute approximate surface area is 131 Å². The first-order valence-electron chi connectivity index (χ1n) is 7.37. The van der Waals surface area contributed by atoms with Gasteiger partial charge in [-0.15, -0.1) is 11.3 Å². The van der Waals surface area contributed by atoms with Crippen LogP contribution >= 0.6 is 22.9 Å². The van der Waals surface area contributed by atoms with Crippen molar-refractivity contribution in [3.8, 4) is 0 Å². The molecule has 1 aromatic rings. The van der Waals surface area contributed by atoms with Crippen molar-refractivity contribution in [2.75, 3.05) is 33.7 Å².